The zero-order valence-electron chi connectivity index (χ0n) is 12.3. The molecular formula is C15H14Cl2N4OS. The van der Waals surface area contributed by atoms with E-state index in [9.17, 15) is 4.79 Å². The molecule has 0 aliphatic rings. The summed E-state index contributed by atoms with van der Waals surface area (Å²) in [5, 5.41) is 0.883. The maximum absolute atomic E-state index is 12.5. The summed E-state index contributed by atoms with van der Waals surface area (Å²) >= 11 is 16.3. The van der Waals surface area contributed by atoms with Crippen LogP contribution in [0.2, 0.25) is 10.2 Å². The number of aryl methyl sites for hydroxylation is 1. The van der Waals surface area contributed by atoms with Crippen LogP contribution >= 0.6 is 36.0 Å². The predicted molar refractivity (Wildman–Crippen MR) is 95.7 cm³/mol. The summed E-state index contributed by atoms with van der Waals surface area (Å²) in [5.41, 5.74) is 1.55. The van der Waals surface area contributed by atoms with Gasteiger partial charge in [-0.1, -0.05) is 55.1 Å². The topological polar surface area (TPSA) is 52.7 Å². The molecule has 0 N–H and O–H groups in total. The highest BCUT2D eigenvalue weighted by Crippen LogP contribution is 2.22. The molecule has 2 heterocycles. The first-order chi connectivity index (χ1) is 11.0. The van der Waals surface area contributed by atoms with Crippen molar-refractivity contribution in [3.63, 3.8) is 0 Å². The summed E-state index contributed by atoms with van der Waals surface area (Å²) in [6.07, 6.45) is 1.59. The molecule has 1 aromatic carbocycles. The molecule has 3 aromatic rings. The molecule has 23 heavy (non-hydrogen) atoms. The van der Waals surface area contributed by atoms with Crippen molar-refractivity contribution in [1.29, 1.82) is 0 Å². The van der Waals surface area contributed by atoms with Crippen molar-refractivity contribution in [2.24, 2.45) is 0 Å². The Morgan fingerprint density at radius 1 is 1.17 bits per heavy atom. The van der Waals surface area contributed by atoms with Crippen LogP contribution in [0.15, 0.2) is 29.1 Å². The Hall–Kier alpha value is -1.50. The first-order valence-corrected chi connectivity index (χ1v) is 8.28. The average molecular weight is 369 g/mol. The van der Waals surface area contributed by atoms with E-state index in [4.69, 9.17) is 23.2 Å². The molecule has 0 saturated heterocycles. The van der Waals surface area contributed by atoms with Gasteiger partial charge in [-0.2, -0.15) is 0 Å². The van der Waals surface area contributed by atoms with Crippen molar-refractivity contribution < 1.29 is 0 Å². The molecule has 0 aliphatic carbocycles. The zero-order valence-corrected chi connectivity index (χ0v) is 14.7. The number of aromatic nitrogens is 4. The SMILES string of the molecule is CCCc1nc(Cl)c2c(n1)n(Cc1ccc(Cl)cc1)c(=O)n2S. The molecule has 3 rings (SSSR count). The lowest BCUT2D eigenvalue weighted by Gasteiger charge is -2.05. The maximum Gasteiger partial charge on any atom is 0.340 e. The summed E-state index contributed by atoms with van der Waals surface area (Å²) in [6, 6.07) is 7.30. The van der Waals surface area contributed by atoms with Crippen molar-refractivity contribution >= 4 is 47.2 Å². The third kappa shape index (κ3) is 3.11. The minimum Gasteiger partial charge on any atom is -0.271 e. The lowest BCUT2D eigenvalue weighted by atomic mass is 10.2. The van der Waals surface area contributed by atoms with E-state index in [-0.39, 0.29) is 10.8 Å². The first kappa shape index (κ1) is 16.4. The van der Waals surface area contributed by atoms with Gasteiger partial charge in [0.25, 0.3) is 0 Å². The quantitative estimate of drug-likeness (QED) is 0.565. The minimum atomic E-state index is -0.303. The molecule has 0 atom stereocenters. The summed E-state index contributed by atoms with van der Waals surface area (Å²) in [4.78, 5) is 21.2. The number of imidazole rings is 1. The van der Waals surface area contributed by atoms with Gasteiger partial charge in [-0.15, -0.1) is 0 Å². The fourth-order valence-corrected chi connectivity index (χ4v) is 3.12. The molecule has 0 spiro atoms. The van der Waals surface area contributed by atoms with Gasteiger partial charge in [0.15, 0.2) is 10.8 Å². The monoisotopic (exact) mass is 368 g/mol. The van der Waals surface area contributed by atoms with Gasteiger partial charge in [-0.25, -0.2) is 18.7 Å². The lowest BCUT2D eigenvalue weighted by molar-refractivity contribution is 0.763. The molecular weight excluding hydrogens is 355 g/mol. The van der Waals surface area contributed by atoms with Gasteiger partial charge in [0.2, 0.25) is 0 Å². The van der Waals surface area contributed by atoms with Crippen molar-refractivity contribution in [2.75, 3.05) is 0 Å². The van der Waals surface area contributed by atoms with Gasteiger partial charge in [-0.05, 0) is 24.1 Å². The molecule has 0 radical (unpaired) electrons. The Balaban J connectivity index is 2.17. The number of fused-ring (bicyclic) bond motifs is 1. The largest absolute Gasteiger partial charge is 0.340 e. The van der Waals surface area contributed by atoms with Crippen molar-refractivity contribution in [2.45, 2.75) is 26.3 Å². The molecule has 0 fully saturated rings. The summed E-state index contributed by atoms with van der Waals surface area (Å²) in [7, 11) is 0. The highest BCUT2D eigenvalue weighted by Gasteiger charge is 2.18. The molecule has 0 saturated carbocycles. The second-order valence-corrected chi connectivity index (χ2v) is 6.35. The number of hydrogen-bond acceptors (Lipinski definition) is 4. The normalized spacial score (nSPS) is 11.3. The van der Waals surface area contributed by atoms with Crippen molar-refractivity contribution in [3.05, 3.63) is 56.3 Å². The van der Waals surface area contributed by atoms with Gasteiger partial charge in [0.05, 0.1) is 6.54 Å². The molecule has 0 amide bonds. The molecule has 0 aliphatic heterocycles. The number of benzene rings is 1. The van der Waals surface area contributed by atoms with Gasteiger partial charge >= 0.3 is 5.69 Å². The Kier molecular flexibility index (Phi) is 4.66. The van der Waals surface area contributed by atoms with E-state index in [0.717, 1.165) is 12.0 Å². The van der Waals surface area contributed by atoms with Crippen LogP contribution in [0.25, 0.3) is 11.2 Å². The van der Waals surface area contributed by atoms with E-state index in [1.165, 1.54) is 8.54 Å². The second kappa shape index (κ2) is 6.55. The summed E-state index contributed by atoms with van der Waals surface area (Å²) < 4.78 is 2.72. The van der Waals surface area contributed by atoms with Gasteiger partial charge in [0.1, 0.15) is 11.3 Å². The Morgan fingerprint density at radius 2 is 1.87 bits per heavy atom. The number of rotatable bonds is 4. The number of halogens is 2. The van der Waals surface area contributed by atoms with Crippen LogP contribution in [0.5, 0.6) is 0 Å². The fraction of sp³-hybridized carbons (Fsp3) is 0.267. The van der Waals surface area contributed by atoms with Crippen LogP contribution in [-0.2, 0) is 13.0 Å². The smallest absolute Gasteiger partial charge is 0.271 e. The number of hydrogen-bond donors (Lipinski definition) is 1. The van der Waals surface area contributed by atoms with E-state index in [0.29, 0.717) is 35.0 Å². The predicted octanol–water partition coefficient (Wildman–Crippen LogP) is 3.59. The van der Waals surface area contributed by atoms with E-state index in [2.05, 4.69) is 22.8 Å². The Labute approximate surface area is 148 Å². The fourth-order valence-electron chi connectivity index (χ4n) is 2.38. The standard InChI is InChI=1S/C15H14Cl2N4OS/c1-2-3-11-18-13(17)12-14(19-11)20(15(22)21(12)23)8-9-4-6-10(16)7-5-9/h4-7,23H,2-3,8H2,1H3. The van der Waals surface area contributed by atoms with E-state index in [1.54, 1.807) is 12.1 Å². The van der Waals surface area contributed by atoms with E-state index >= 15 is 0 Å². The van der Waals surface area contributed by atoms with E-state index < -0.39 is 0 Å². The van der Waals surface area contributed by atoms with Gasteiger partial charge in [-0.3, -0.25) is 4.57 Å². The lowest BCUT2D eigenvalue weighted by Crippen LogP contribution is -2.21. The highest BCUT2D eigenvalue weighted by molar-refractivity contribution is 7.78. The van der Waals surface area contributed by atoms with Crippen molar-refractivity contribution in [1.82, 2.24) is 18.5 Å². The Bertz CT molecular complexity index is 918. The third-order valence-corrected chi connectivity index (χ3v) is 4.36. The highest BCUT2D eigenvalue weighted by atomic mass is 35.5. The Morgan fingerprint density at radius 3 is 2.52 bits per heavy atom. The van der Waals surface area contributed by atoms with Crippen LogP contribution in [0.3, 0.4) is 0 Å². The zero-order chi connectivity index (χ0) is 16.6. The minimum absolute atomic E-state index is 0.236. The van der Waals surface area contributed by atoms with Crippen LogP contribution in [0, 0.1) is 0 Å². The maximum atomic E-state index is 12.5. The van der Waals surface area contributed by atoms with Crippen molar-refractivity contribution in [3.8, 4) is 0 Å². The molecule has 5 nitrogen and oxygen atoms in total. The van der Waals surface area contributed by atoms with Gasteiger partial charge < -0.3 is 0 Å². The second-order valence-electron chi connectivity index (χ2n) is 5.16. The number of nitrogens with zero attached hydrogens (tertiary/aromatic N) is 4. The third-order valence-electron chi connectivity index (χ3n) is 3.48. The van der Waals surface area contributed by atoms with E-state index in [1.807, 2.05) is 19.1 Å². The summed E-state index contributed by atoms with van der Waals surface area (Å²) in [5.74, 6) is 0.619. The molecule has 8 heteroatoms. The van der Waals surface area contributed by atoms with Gasteiger partial charge in [0, 0.05) is 11.4 Å². The number of thiol groups is 1. The van der Waals surface area contributed by atoms with Crippen LogP contribution in [-0.4, -0.2) is 18.5 Å². The molecule has 0 unspecified atom stereocenters. The van der Waals surface area contributed by atoms with Crippen LogP contribution in [0.1, 0.15) is 24.7 Å². The average Bonchev–Trinajstić information content (AvgIpc) is 2.75. The first-order valence-electron chi connectivity index (χ1n) is 7.12. The summed E-state index contributed by atoms with van der Waals surface area (Å²) in [6.45, 7) is 2.39. The molecule has 120 valence electrons. The molecule has 0 bridgehead atoms. The van der Waals surface area contributed by atoms with Crippen LogP contribution < -0.4 is 5.69 Å². The van der Waals surface area contributed by atoms with Crippen LogP contribution in [0.4, 0.5) is 0 Å². The molecule has 2 aromatic heterocycles.